The van der Waals surface area contributed by atoms with E-state index in [4.69, 9.17) is 5.11 Å². The zero-order valence-corrected chi connectivity index (χ0v) is 14.2. The molecule has 0 unspecified atom stereocenters. The van der Waals surface area contributed by atoms with Crippen LogP contribution in [-0.2, 0) is 16.0 Å². The number of rotatable bonds is 7. The number of amides is 2. The Labute approximate surface area is 150 Å². The van der Waals surface area contributed by atoms with E-state index in [2.05, 4.69) is 10.6 Å². The molecule has 136 valence electrons. The quantitative estimate of drug-likeness (QED) is 0.593. The fraction of sp³-hybridized carbons (Fsp3) is 0.211. The van der Waals surface area contributed by atoms with E-state index >= 15 is 0 Å². The van der Waals surface area contributed by atoms with Crippen LogP contribution >= 0.6 is 0 Å². The topological polar surface area (TPSA) is 116 Å². The molecule has 2 rings (SSSR count). The molecule has 0 heterocycles. The van der Waals surface area contributed by atoms with Crippen LogP contribution in [0, 0.1) is 0 Å². The summed E-state index contributed by atoms with van der Waals surface area (Å²) in [6.45, 7) is 1.34. The van der Waals surface area contributed by atoms with Gasteiger partial charge in [-0.1, -0.05) is 30.3 Å². The van der Waals surface area contributed by atoms with Gasteiger partial charge >= 0.3 is 5.97 Å². The zero-order valence-electron chi connectivity index (χ0n) is 14.2. The van der Waals surface area contributed by atoms with E-state index in [0.717, 1.165) is 0 Å². The lowest BCUT2D eigenvalue weighted by atomic mass is 10.0. The third-order valence-electron chi connectivity index (χ3n) is 3.76. The molecule has 0 radical (unpaired) electrons. The summed E-state index contributed by atoms with van der Waals surface area (Å²) in [5.74, 6) is -2.12. The predicted octanol–water partition coefficient (Wildman–Crippen LogP) is 1.32. The molecule has 0 saturated carbocycles. The molecular weight excluding hydrogens is 342 g/mol. The highest BCUT2D eigenvalue weighted by Crippen LogP contribution is 2.12. The molecule has 0 aromatic heterocycles. The molecule has 0 bridgehead atoms. The molecule has 4 N–H and O–H groups in total. The van der Waals surface area contributed by atoms with Crippen LogP contribution in [0.2, 0.25) is 0 Å². The van der Waals surface area contributed by atoms with E-state index in [1.165, 1.54) is 19.1 Å². The third kappa shape index (κ3) is 5.34. The zero-order chi connectivity index (χ0) is 19.1. The van der Waals surface area contributed by atoms with E-state index in [-0.39, 0.29) is 12.2 Å². The van der Waals surface area contributed by atoms with Gasteiger partial charge in [-0.25, -0.2) is 0 Å². The number of aliphatic carboxylic acids is 1. The summed E-state index contributed by atoms with van der Waals surface area (Å²) < 4.78 is 0. The van der Waals surface area contributed by atoms with Gasteiger partial charge in [-0.05, 0) is 36.8 Å². The third-order valence-corrected chi connectivity index (χ3v) is 3.76. The number of benzene rings is 2. The van der Waals surface area contributed by atoms with Crippen LogP contribution in [0.15, 0.2) is 54.6 Å². The number of carboxylic acids is 1. The van der Waals surface area contributed by atoms with Crippen LogP contribution in [0.25, 0.3) is 0 Å². The Balaban J connectivity index is 2.17. The molecule has 0 saturated heterocycles. The minimum absolute atomic E-state index is 0.0857. The van der Waals surface area contributed by atoms with Gasteiger partial charge in [0.1, 0.15) is 17.8 Å². The van der Waals surface area contributed by atoms with Gasteiger partial charge in [-0.15, -0.1) is 0 Å². The number of carboxylic acid groups (broad SMARTS) is 1. The van der Waals surface area contributed by atoms with Crippen molar-refractivity contribution >= 4 is 17.8 Å². The van der Waals surface area contributed by atoms with Crippen molar-refractivity contribution in [3.05, 3.63) is 65.7 Å². The number of hydrogen-bond donors (Lipinski definition) is 4. The van der Waals surface area contributed by atoms with E-state index < -0.39 is 29.9 Å². The van der Waals surface area contributed by atoms with E-state index in [1.807, 2.05) is 0 Å². The Kier molecular flexibility index (Phi) is 6.32. The SMILES string of the molecule is C[C@@H](NC(=O)[C@@H](Cc1ccc(O)cc1)NC(=O)[13c]1[13cH][13cH][13cH][13cH][13cH]1)C(=O)O. The predicted molar refractivity (Wildman–Crippen MR) is 94.7 cm³/mol. The van der Waals surface area contributed by atoms with Gasteiger partial charge in [0.05, 0.1) is 0 Å². The number of phenols is 1. The summed E-state index contributed by atoms with van der Waals surface area (Å²) in [5.41, 5.74) is 1.10. The van der Waals surface area contributed by atoms with Crippen molar-refractivity contribution < 1.29 is 24.6 Å². The van der Waals surface area contributed by atoms with Crippen LogP contribution in [0.1, 0.15) is 22.8 Å². The summed E-state index contributed by atoms with van der Waals surface area (Å²) in [4.78, 5) is 35.8. The summed E-state index contributed by atoms with van der Waals surface area (Å²) in [6, 6.07) is 12.6. The fourth-order valence-electron chi connectivity index (χ4n) is 2.28. The summed E-state index contributed by atoms with van der Waals surface area (Å²) >= 11 is 0. The number of nitrogens with one attached hydrogen (secondary N) is 2. The monoisotopic (exact) mass is 362 g/mol. The van der Waals surface area contributed by atoms with Crippen molar-refractivity contribution in [3.8, 4) is 5.75 Å². The van der Waals surface area contributed by atoms with E-state index in [1.54, 1.807) is 42.5 Å². The van der Waals surface area contributed by atoms with E-state index in [9.17, 15) is 19.5 Å². The average Bonchev–Trinajstić information content (AvgIpc) is 2.63. The molecule has 26 heavy (non-hydrogen) atoms. The molecular formula is C19H20N2O5. The molecule has 0 spiro atoms. The minimum atomic E-state index is -1.17. The number of aromatic hydroxyl groups is 1. The Hall–Kier alpha value is -3.35. The second kappa shape index (κ2) is 8.66. The molecule has 2 aromatic rings. The summed E-state index contributed by atoms with van der Waals surface area (Å²) in [5, 5.41) is 23.3. The maximum absolute atomic E-state index is 12.5. The highest BCUT2D eigenvalue weighted by Gasteiger charge is 2.25. The Morgan fingerprint density at radius 3 is 2.15 bits per heavy atom. The Morgan fingerprint density at radius 2 is 1.58 bits per heavy atom. The van der Waals surface area contributed by atoms with Crippen molar-refractivity contribution in [1.82, 2.24) is 10.6 Å². The molecule has 2 aromatic carbocycles. The lowest BCUT2D eigenvalue weighted by Gasteiger charge is -2.20. The maximum atomic E-state index is 12.5. The molecule has 2 amide bonds. The Bertz CT molecular complexity index is 774. The second-order valence-corrected chi connectivity index (χ2v) is 5.83. The highest BCUT2D eigenvalue weighted by atomic mass is 16.4. The van der Waals surface area contributed by atoms with Gasteiger partial charge in [0.2, 0.25) is 5.91 Å². The lowest BCUT2D eigenvalue weighted by molar-refractivity contribution is -0.141. The molecule has 7 nitrogen and oxygen atoms in total. The van der Waals surface area contributed by atoms with Crippen molar-refractivity contribution in [3.63, 3.8) is 0 Å². The Morgan fingerprint density at radius 1 is 0.962 bits per heavy atom. The van der Waals surface area contributed by atoms with Crippen molar-refractivity contribution in [2.75, 3.05) is 0 Å². The molecule has 0 aliphatic carbocycles. The highest BCUT2D eigenvalue weighted by molar-refractivity contribution is 5.98. The number of phenolic OH excluding ortho intramolecular Hbond substituents is 1. The van der Waals surface area contributed by atoms with Crippen LogP contribution < -0.4 is 10.6 Å². The van der Waals surface area contributed by atoms with Gasteiger partial charge in [0, 0.05) is 12.0 Å². The van der Waals surface area contributed by atoms with Gasteiger partial charge in [0.25, 0.3) is 5.91 Å². The molecule has 0 aliphatic rings. The van der Waals surface area contributed by atoms with E-state index in [0.29, 0.717) is 11.1 Å². The lowest BCUT2D eigenvalue weighted by Crippen LogP contribution is -2.51. The van der Waals surface area contributed by atoms with Gasteiger partial charge < -0.3 is 20.8 Å². The van der Waals surface area contributed by atoms with Crippen molar-refractivity contribution in [2.24, 2.45) is 0 Å². The first-order valence-corrected chi connectivity index (χ1v) is 8.04. The van der Waals surface area contributed by atoms with Crippen LogP contribution in [0.4, 0.5) is 0 Å². The first-order chi connectivity index (χ1) is 12.4. The normalized spacial score (nSPS) is 12.7. The largest absolute Gasteiger partial charge is 0.508 e. The number of hydrogen-bond acceptors (Lipinski definition) is 4. The fourth-order valence-corrected chi connectivity index (χ4v) is 2.28. The van der Waals surface area contributed by atoms with Gasteiger partial charge in [-0.3, -0.25) is 14.4 Å². The van der Waals surface area contributed by atoms with Crippen molar-refractivity contribution in [1.29, 1.82) is 0 Å². The standard InChI is InChI=1S/C19H20N2O5/c1-12(19(25)26)20-18(24)16(11-13-7-9-15(22)10-8-13)21-17(23)14-5-3-2-4-6-14/h2-10,12,16,22H,11H2,1H3,(H,20,24)(H,21,23)(H,25,26)/t12-,16-/m1/s1/i2+1,3+1,4+1,5+1,6+1,14+1. The summed E-state index contributed by atoms with van der Waals surface area (Å²) in [6.07, 6.45) is 0.150. The second-order valence-electron chi connectivity index (χ2n) is 5.83. The molecule has 7 heteroatoms. The van der Waals surface area contributed by atoms with Crippen molar-refractivity contribution in [2.45, 2.75) is 25.4 Å². The minimum Gasteiger partial charge on any atom is -0.508 e. The first-order valence-electron chi connectivity index (χ1n) is 8.04. The van der Waals surface area contributed by atoms with Crippen LogP contribution in [0.5, 0.6) is 5.75 Å². The maximum Gasteiger partial charge on any atom is 0.325 e. The first kappa shape index (κ1) is 19.0. The molecule has 0 fully saturated rings. The summed E-state index contributed by atoms with van der Waals surface area (Å²) in [7, 11) is 0. The van der Waals surface area contributed by atoms with Gasteiger partial charge in [0.15, 0.2) is 0 Å². The smallest absolute Gasteiger partial charge is 0.325 e. The molecule has 0 aliphatic heterocycles. The van der Waals surface area contributed by atoms with Crippen LogP contribution in [-0.4, -0.2) is 40.1 Å². The average molecular weight is 362 g/mol. The van der Waals surface area contributed by atoms with Crippen LogP contribution in [0.3, 0.4) is 0 Å². The molecule has 2 atom stereocenters. The number of carbonyl (C=O) groups excluding carboxylic acids is 2. The van der Waals surface area contributed by atoms with Gasteiger partial charge in [-0.2, -0.15) is 0 Å². The number of carbonyl (C=O) groups is 3.